The van der Waals surface area contributed by atoms with Crippen LogP contribution in [0.3, 0.4) is 0 Å². The lowest BCUT2D eigenvalue weighted by molar-refractivity contribution is -0.135. The van der Waals surface area contributed by atoms with Crippen LogP contribution in [0.5, 0.6) is 0 Å². The molecule has 0 saturated carbocycles. The fraction of sp³-hybridized carbons (Fsp3) is 0.0769. The smallest absolute Gasteiger partial charge is 0.322 e. The Morgan fingerprint density at radius 1 is 1.11 bits per heavy atom. The topological polar surface area (TPSA) is 82.2 Å². The van der Waals surface area contributed by atoms with Crippen LogP contribution in [0.1, 0.15) is 10.5 Å². The van der Waals surface area contributed by atoms with Crippen LogP contribution in [0.15, 0.2) is 42.5 Å². The fourth-order valence-electron chi connectivity index (χ4n) is 1.56. The Kier molecular flexibility index (Phi) is 3.43. The van der Waals surface area contributed by atoms with Crippen molar-refractivity contribution in [2.45, 2.75) is 0 Å². The van der Waals surface area contributed by atoms with Crippen LogP contribution < -0.4 is 5.32 Å². The van der Waals surface area contributed by atoms with E-state index in [1.54, 1.807) is 12.1 Å². The molecule has 0 saturated heterocycles. The number of carboxylic acid groups (broad SMARTS) is 1. The first-order valence-electron chi connectivity index (χ1n) is 5.41. The number of carboxylic acids is 1. The number of nitrogens with one attached hydrogen (secondary N) is 2. The summed E-state index contributed by atoms with van der Waals surface area (Å²) in [6.07, 6.45) is 0. The van der Waals surface area contributed by atoms with Gasteiger partial charge in [-0.2, -0.15) is 0 Å². The third-order valence-corrected chi connectivity index (χ3v) is 2.42. The second-order valence-corrected chi connectivity index (χ2v) is 3.73. The van der Waals surface area contributed by atoms with Gasteiger partial charge in [0.1, 0.15) is 12.2 Å². The summed E-state index contributed by atoms with van der Waals surface area (Å²) in [7, 11) is 0. The van der Waals surface area contributed by atoms with Gasteiger partial charge in [0.05, 0.1) is 0 Å². The highest BCUT2D eigenvalue weighted by Gasteiger charge is 2.09. The van der Waals surface area contributed by atoms with E-state index in [4.69, 9.17) is 5.11 Å². The third kappa shape index (κ3) is 2.76. The number of aliphatic carboxylic acids is 1. The molecule has 0 fully saturated rings. The minimum absolute atomic E-state index is 0.343. The Morgan fingerprint density at radius 3 is 2.50 bits per heavy atom. The number of aromatic nitrogens is 1. The molecule has 0 atom stereocenters. The van der Waals surface area contributed by atoms with Crippen molar-refractivity contribution in [3.8, 4) is 11.3 Å². The van der Waals surface area contributed by atoms with Crippen molar-refractivity contribution >= 4 is 11.9 Å². The zero-order valence-electron chi connectivity index (χ0n) is 9.51. The van der Waals surface area contributed by atoms with E-state index in [9.17, 15) is 9.59 Å². The molecule has 1 amide bonds. The summed E-state index contributed by atoms with van der Waals surface area (Å²) in [4.78, 5) is 24.9. The molecule has 0 aliphatic rings. The highest BCUT2D eigenvalue weighted by Crippen LogP contribution is 2.17. The number of aromatic amines is 1. The van der Waals surface area contributed by atoms with Gasteiger partial charge in [0, 0.05) is 5.69 Å². The number of benzene rings is 1. The van der Waals surface area contributed by atoms with Gasteiger partial charge in [0.2, 0.25) is 0 Å². The van der Waals surface area contributed by atoms with Crippen LogP contribution >= 0.6 is 0 Å². The molecule has 2 rings (SSSR count). The predicted octanol–water partition coefficient (Wildman–Crippen LogP) is 1.50. The molecule has 0 aliphatic heterocycles. The van der Waals surface area contributed by atoms with Gasteiger partial charge in [-0.25, -0.2) is 0 Å². The van der Waals surface area contributed by atoms with Crippen LogP contribution in [0, 0.1) is 0 Å². The Bertz CT molecular complexity index is 561. The van der Waals surface area contributed by atoms with Gasteiger partial charge in [0.25, 0.3) is 5.91 Å². The lowest BCUT2D eigenvalue weighted by Gasteiger charge is -2.00. The SMILES string of the molecule is O=C(O)CNC(=O)c1ccc(-c2ccccc2)[nH]1. The van der Waals surface area contributed by atoms with E-state index in [0.717, 1.165) is 11.3 Å². The molecule has 18 heavy (non-hydrogen) atoms. The van der Waals surface area contributed by atoms with E-state index >= 15 is 0 Å². The summed E-state index contributed by atoms with van der Waals surface area (Å²) in [5, 5.41) is 10.8. The molecule has 0 unspecified atom stereocenters. The molecule has 92 valence electrons. The predicted molar refractivity (Wildman–Crippen MR) is 66.2 cm³/mol. The van der Waals surface area contributed by atoms with E-state index < -0.39 is 18.4 Å². The van der Waals surface area contributed by atoms with Crippen molar-refractivity contribution in [1.29, 1.82) is 0 Å². The Hall–Kier alpha value is -2.56. The standard InChI is InChI=1S/C13H12N2O3/c16-12(17)8-14-13(18)11-7-6-10(15-11)9-4-2-1-3-5-9/h1-7,15H,8H2,(H,14,18)(H,16,17). The number of amides is 1. The lowest BCUT2D eigenvalue weighted by atomic mass is 10.2. The molecule has 1 aromatic carbocycles. The Morgan fingerprint density at radius 2 is 1.83 bits per heavy atom. The van der Waals surface area contributed by atoms with Crippen molar-refractivity contribution in [3.63, 3.8) is 0 Å². The van der Waals surface area contributed by atoms with Crippen LogP contribution in [-0.4, -0.2) is 28.5 Å². The first-order valence-corrected chi connectivity index (χ1v) is 5.41. The zero-order chi connectivity index (χ0) is 13.0. The van der Waals surface area contributed by atoms with Crippen LogP contribution in [0.2, 0.25) is 0 Å². The van der Waals surface area contributed by atoms with Crippen molar-refractivity contribution in [2.75, 3.05) is 6.54 Å². The van der Waals surface area contributed by atoms with E-state index in [0.29, 0.717) is 5.69 Å². The van der Waals surface area contributed by atoms with E-state index in [2.05, 4.69) is 10.3 Å². The Balaban J connectivity index is 2.11. The third-order valence-electron chi connectivity index (χ3n) is 2.42. The summed E-state index contributed by atoms with van der Waals surface area (Å²) in [5.41, 5.74) is 2.13. The molecule has 2 aromatic rings. The van der Waals surface area contributed by atoms with Crippen LogP contribution in [0.4, 0.5) is 0 Å². The van der Waals surface area contributed by atoms with Crippen LogP contribution in [0.25, 0.3) is 11.3 Å². The molecule has 1 aromatic heterocycles. The average molecular weight is 244 g/mol. The summed E-state index contributed by atoms with van der Waals surface area (Å²) < 4.78 is 0. The maximum atomic E-state index is 11.6. The number of H-pyrrole nitrogens is 1. The van der Waals surface area contributed by atoms with E-state index in [1.165, 1.54) is 0 Å². The molecular weight excluding hydrogens is 232 g/mol. The van der Waals surface area contributed by atoms with Crippen molar-refractivity contribution in [2.24, 2.45) is 0 Å². The maximum Gasteiger partial charge on any atom is 0.322 e. The summed E-state index contributed by atoms with van der Waals surface area (Å²) in [6.45, 7) is -0.390. The molecule has 5 nitrogen and oxygen atoms in total. The summed E-state index contributed by atoms with van der Waals surface area (Å²) in [5.74, 6) is -1.50. The monoisotopic (exact) mass is 244 g/mol. The van der Waals surface area contributed by atoms with Gasteiger partial charge in [0.15, 0.2) is 0 Å². The second-order valence-electron chi connectivity index (χ2n) is 3.73. The normalized spacial score (nSPS) is 10.0. The maximum absolute atomic E-state index is 11.6. The minimum atomic E-state index is -1.07. The summed E-state index contributed by atoms with van der Waals surface area (Å²) in [6, 6.07) is 13.0. The quantitative estimate of drug-likeness (QED) is 0.762. The number of hydrogen-bond acceptors (Lipinski definition) is 2. The minimum Gasteiger partial charge on any atom is -0.480 e. The molecule has 1 heterocycles. The average Bonchev–Trinajstić information content (AvgIpc) is 2.86. The van der Waals surface area contributed by atoms with Crippen molar-refractivity contribution in [3.05, 3.63) is 48.2 Å². The first-order chi connectivity index (χ1) is 8.66. The molecule has 0 aliphatic carbocycles. The Labute approximate surface area is 103 Å². The molecule has 0 spiro atoms. The van der Waals surface area contributed by atoms with E-state index in [1.807, 2.05) is 30.3 Å². The molecular formula is C13H12N2O3. The second kappa shape index (κ2) is 5.18. The molecule has 5 heteroatoms. The number of carbonyl (C=O) groups is 2. The number of rotatable bonds is 4. The number of carbonyl (C=O) groups excluding carboxylic acids is 1. The van der Waals surface area contributed by atoms with Gasteiger partial charge in [-0.1, -0.05) is 30.3 Å². The van der Waals surface area contributed by atoms with Gasteiger partial charge >= 0.3 is 5.97 Å². The van der Waals surface area contributed by atoms with Gasteiger partial charge in [-0.3, -0.25) is 9.59 Å². The molecule has 0 radical (unpaired) electrons. The van der Waals surface area contributed by atoms with Gasteiger partial charge < -0.3 is 15.4 Å². The van der Waals surface area contributed by atoms with Gasteiger partial charge in [-0.15, -0.1) is 0 Å². The van der Waals surface area contributed by atoms with Gasteiger partial charge in [-0.05, 0) is 17.7 Å². The summed E-state index contributed by atoms with van der Waals surface area (Å²) >= 11 is 0. The zero-order valence-corrected chi connectivity index (χ0v) is 9.51. The van der Waals surface area contributed by atoms with Crippen LogP contribution in [-0.2, 0) is 4.79 Å². The van der Waals surface area contributed by atoms with Crippen molar-refractivity contribution in [1.82, 2.24) is 10.3 Å². The number of hydrogen-bond donors (Lipinski definition) is 3. The van der Waals surface area contributed by atoms with Crippen molar-refractivity contribution < 1.29 is 14.7 Å². The van der Waals surface area contributed by atoms with E-state index in [-0.39, 0.29) is 0 Å². The highest BCUT2D eigenvalue weighted by atomic mass is 16.4. The largest absolute Gasteiger partial charge is 0.480 e. The fourth-order valence-corrected chi connectivity index (χ4v) is 1.56. The molecule has 0 bridgehead atoms. The first kappa shape index (κ1) is 11.9. The highest BCUT2D eigenvalue weighted by molar-refractivity contribution is 5.95. The lowest BCUT2D eigenvalue weighted by Crippen LogP contribution is -2.29. The molecule has 3 N–H and O–H groups in total.